The third kappa shape index (κ3) is 5.37. The van der Waals surface area contributed by atoms with Gasteiger partial charge in [-0.1, -0.05) is 54.6 Å². The third-order valence-electron chi connectivity index (χ3n) is 9.95. The van der Waals surface area contributed by atoms with Crippen LogP contribution in [0.4, 0.5) is 11.4 Å². The van der Waals surface area contributed by atoms with Gasteiger partial charge in [-0.3, -0.25) is 14.4 Å². The summed E-state index contributed by atoms with van der Waals surface area (Å²) in [7, 11) is 0. The molecule has 4 heterocycles. The van der Waals surface area contributed by atoms with Gasteiger partial charge in [-0.25, -0.2) is 0 Å². The van der Waals surface area contributed by atoms with Crippen molar-refractivity contribution in [3.63, 3.8) is 0 Å². The van der Waals surface area contributed by atoms with E-state index in [1.54, 1.807) is 21.6 Å². The molecule has 238 valence electrons. The number of hydrogen-bond donors (Lipinski definition) is 1. The van der Waals surface area contributed by atoms with Crippen molar-refractivity contribution in [2.75, 3.05) is 49.1 Å². The van der Waals surface area contributed by atoms with E-state index in [1.807, 2.05) is 53.4 Å². The van der Waals surface area contributed by atoms with Crippen LogP contribution in [0.1, 0.15) is 39.2 Å². The summed E-state index contributed by atoms with van der Waals surface area (Å²) < 4.78 is -1.54. The highest BCUT2D eigenvalue weighted by Crippen LogP contribution is 2.65. The molecule has 5 atom stereocenters. The fourth-order valence-corrected chi connectivity index (χ4v) is 9.97. The lowest BCUT2D eigenvalue weighted by Gasteiger charge is -2.37. The van der Waals surface area contributed by atoms with Crippen LogP contribution in [-0.4, -0.2) is 87.5 Å². The maximum absolute atomic E-state index is 14.8. The summed E-state index contributed by atoms with van der Waals surface area (Å²) in [6.45, 7) is 9.80. The average Bonchev–Trinajstić information content (AvgIpc) is 3.31. The largest absolute Gasteiger partial charge is 0.396 e. The topological polar surface area (TPSA) is 84.4 Å². The fourth-order valence-electron chi connectivity index (χ4n) is 7.82. The molecule has 2 aromatic carbocycles. The first-order valence-corrected chi connectivity index (χ1v) is 17.1. The van der Waals surface area contributed by atoms with E-state index in [1.165, 1.54) is 0 Å². The number of likely N-dealkylation sites (tertiary alicyclic amines) is 1. The predicted octanol–water partition coefficient (Wildman–Crippen LogP) is 4.49. The molecule has 2 fully saturated rings. The lowest BCUT2D eigenvalue weighted by Crippen LogP contribution is -2.53. The standard InChI is InChI=1S/C36H44N4O4S/c1-4-37(5-2)27-15-17-28(18-16-27)39-23-12-20-36-30(33(43)40(22-9-10-24-41)31(36)34(39)44)29-32(42)38(21-11-19-35(29,3)45-36)25-26-13-7-6-8-14-26/h6-8,11-20,29-31,41H,4-5,9-10,21-25H2,1-3H3/t29-,30+,31?,35+,36+/m1/s1. The summed E-state index contributed by atoms with van der Waals surface area (Å²) in [4.78, 5) is 51.5. The average molecular weight is 629 g/mol. The van der Waals surface area contributed by atoms with Crippen LogP contribution in [-0.2, 0) is 20.9 Å². The van der Waals surface area contributed by atoms with Crippen LogP contribution in [0.3, 0.4) is 0 Å². The molecule has 0 aliphatic carbocycles. The Bertz CT molecular complexity index is 1480. The number of carbonyl (C=O) groups is 3. The number of aliphatic hydroxyl groups is 1. The highest BCUT2D eigenvalue weighted by molar-refractivity contribution is 8.02. The Morgan fingerprint density at radius 1 is 0.867 bits per heavy atom. The molecule has 45 heavy (non-hydrogen) atoms. The molecule has 1 unspecified atom stereocenters. The molecule has 0 aromatic heterocycles. The summed E-state index contributed by atoms with van der Waals surface area (Å²) in [6.07, 6.45) is 9.36. The van der Waals surface area contributed by atoms with E-state index in [4.69, 9.17) is 0 Å². The first-order valence-electron chi connectivity index (χ1n) is 16.2. The SMILES string of the molecule is CCN(CC)c1ccc(N2CC=C[C@]34S[C@@]5(C)C=CCN(Cc6ccccc6)C(=O)[C@H]5[C@H]3C(=O)N(CCCCO)C4C2=O)cc1. The van der Waals surface area contributed by atoms with Crippen molar-refractivity contribution in [3.05, 3.63) is 84.5 Å². The van der Waals surface area contributed by atoms with Gasteiger partial charge in [0.25, 0.3) is 5.91 Å². The number of rotatable bonds is 10. The van der Waals surface area contributed by atoms with Crippen LogP contribution in [0.2, 0.25) is 0 Å². The number of aliphatic hydroxyl groups excluding tert-OH is 1. The first kappa shape index (κ1) is 31.4. The quantitative estimate of drug-likeness (QED) is 0.308. The molecule has 2 saturated heterocycles. The van der Waals surface area contributed by atoms with Gasteiger partial charge in [0.1, 0.15) is 6.04 Å². The number of hydrogen-bond acceptors (Lipinski definition) is 6. The molecule has 9 heteroatoms. The van der Waals surface area contributed by atoms with Crippen molar-refractivity contribution in [1.82, 2.24) is 9.80 Å². The summed E-state index contributed by atoms with van der Waals surface area (Å²) >= 11 is 1.61. The molecule has 3 amide bonds. The van der Waals surface area contributed by atoms with Crippen LogP contribution in [0, 0.1) is 11.8 Å². The molecule has 0 radical (unpaired) electrons. The van der Waals surface area contributed by atoms with E-state index in [0.29, 0.717) is 39.0 Å². The van der Waals surface area contributed by atoms with E-state index in [2.05, 4.69) is 56.0 Å². The Kier molecular flexibility index (Phi) is 8.85. The molecule has 0 saturated carbocycles. The molecule has 1 N–H and O–H groups in total. The number of nitrogens with zero attached hydrogens (tertiary/aromatic N) is 4. The van der Waals surface area contributed by atoms with E-state index in [0.717, 1.165) is 30.0 Å². The number of carbonyl (C=O) groups excluding carboxylic acids is 3. The highest BCUT2D eigenvalue weighted by atomic mass is 32.2. The number of anilines is 2. The molecule has 4 aliphatic rings. The van der Waals surface area contributed by atoms with E-state index in [9.17, 15) is 19.5 Å². The normalized spacial score (nSPS) is 29.0. The van der Waals surface area contributed by atoms with Crippen molar-refractivity contribution >= 4 is 40.9 Å². The lowest BCUT2D eigenvalue weighted by molar-refractivity contribution is -0.144. The van der Waals surface area contributed by atoms with E-state index < -0.39 is 27.4 Å². The number of unbranched alkanes of at least 4 members (excludes halogenated alkanes) is 1. The summed E-state index contributed by atoms with van der Waals surface area (Å²) in [5, 5.41) is 9.53. The molecule has 8 nitrogen and oxygen atoms in total. The molecule has 1 spiro atoms. The van der Waals surface area contributed by atoms with Gasteiger partial charge in [0.15, 0.2) is 0 Å². The smallest absolute Gasteiger partial charge is 0.251 e. The van der Waals surface area contributed by atoms with Crippen molar-refractivity contribution in [2.45, 2.75) is 55.7 Å². The van der Waals surface area contributed by atoms with Gasteiger partial charge >= 0.3 is 0 Å². The minimum atomic E-state index is -0.890. The van der Waals surface area contributed by atoms with Crippen LogP contribution in [0.25, 0.3) is 0 Å². The van der Waals surface area contributed by atoms with Crippen LogP contribution < -0.4 is 9.80 Å². The molecule has 0 bridgehead atoms. The Labute approximate surface area is 270 Å². The second-order valence-corrected chi connectivity index (χ2v) is 14.4. The highest BCUT2D eigenvalue weighted by Gasteiger charge is 2.73. The Balaban J connectivity index is 1.38. The first-order chi connectivity index (χ1) is 21.8. The lowest BCUT2D eigenvalue weighted by atomic mass is 9.74. The molecular weight excluding hydrogens is 584 g/mol. The van der Waals surface area contributed by atoms with Gasteiger partial charge in [-0.15, -0.1) is 11.8 Å². The van der Waals surface area contributed by atoms with Gasteiger partial charge in [0.2, 0.25) is 11.8 Å². The van der Waals surface area contributed by atoms with Crippen LogP contribution >= 0.6 is 11.8 Å². The Morgan fingerprint density at radius 3 is 2.27 bits per heavy atom. The second-order valence-electron chi connectivity index (χ2n) is 12.6. The summed E-state index contributed by atoms with van der Waals surface area (Å²) in [5.74, 6) is -1.59. The zero-order valence-corrected chi connectivity index (χ0v) is 27.3. The fraction of sp³-hybridized carbons (Fsp3) is 0.472. The zero-order chi connectivity index (χ0) is 31.8. The van der Waals surface area contributed by atoms with Gasteiger partial charge < -0.3 is 24.7 Å². The summed E-state index contributed by atoms with van der Waals surface area (Å²) in [5.41, 5.74) is 2.93. The second kappa shape index (κ2) is 12.7. The van der Waals surface area contributed by atoms with E-state index in [-0.39, 0.29) is 24.3 Å². The number of amides is 3. The summed E-state index contributed by atoms with van der Waals surface area (Å²) in [6, 6.07) is 17.3. The zero-order valence-electron chi connectivity index (χ0n) is 26.5. The van der Waals surface area contributed by atoms with Crippen LogP contribution in [0.5, 0.6) is 0 Å². The number of thioether (sulfide) groups is 1. The molecular formula is C36H44N4O4S. The minimum absolute atomic E-state index is 0.0211. The molecule has 2 aromatic rings. The van der Waals surface area contributed by atoms with Crippen molar-refractivity contribution in [2.24, 2.45) is 11.8 Å². The van der Waals surface area contributed by atoms with Crippen molar-refractivity contribution in [3.8, 4) is 0 Å². The monoisotopic (exact) mass is 628 g/mol. The van der Waals surface area contributed by atoms with Crippen molar-refractivity contribution in [1.29, 1.82) is 0 Å². The van der Waals surface area contributed by atoms with Gasteiger partial charge in [0, 0.05) is 62.0 Å². The van der Waals surface area contributed by atoms with Gasteiger partial charge in [-0.05, 0) is 63.4 Å². The van der Waals surface area contributed by atoms with Gasteiger partial charge in [0.05, 0.1) is 16.6 Å². The Morgan fingerprint density at radius 2 is 1.58 bits per heavy atom. The van der Waals surface area contributed by atoms with E-state index >= 15 is 0 Å². The predicted molar refractivity (Wildman–Crippen MR) is 180 cm³/mol. The Hall–Kier alpha value is -3.56. The number of fused-ring (bicyclic) bond motifs is 2. The van der Waals surface area contributed by atoms with Crippen molar-refractivity contribution < 1.29 is 19.5 Å². The maximum Gasteiger partial charge on any atom is 0.251 e. The molecule has 4 aliphatic heterocycles. The maximum atomic E-state index is 14.8. The minimum Gasteiger partial charge on any atom is -0.396 e. The van der Waals surface area contributed by atoms with Gasteiger partial charge in [-0.2, -0.15) is 0 Å². The van der Waals surface area contributed by atoms with Crippen LogP contribution in [0.15, 0.2) is 78.9 Å². The molecule has 6 rings (SSSR count). The third-order valence-corrected chi connectivity index (χ3v) is 11.8. The number of benzene rings is 2.